The zero-order valence-electron chi connectivity index (χ0n) is 13.1. The van der Waals surface area contributed by atoms with Crippen molar-refractivity contribution in [1.82, 2.24) is 4.90 Å². The van der Waals surface area contributed by atoms with Crippen LogP contribution in [-0.4, -0.2) is 30.0 Å². The molecule has 122 valence electrons. The van der Waals surface area contributed by atoms with Crippen LogP contribution >= 0.6 is 0 Å². The van der Waals surface area contributed by atoms with Crippen LogP contribution in [0.4, 0.5) is 8.78 Å². The first-order valence-electron chi connectivity index (χ1n) is 7.79. The third kappa shape index (κ3) is 4.77. The third-order valence-corrected chi connectivity index (χ3v) is 3.78. The van der Waals surface area contributed by atoms with Crippen LogP contribution in [0.2, 0.25) is 0 Å². The first kappa shape index (κ1) is 16.9. The summed E-state index contributed by atoms with van der Waals surface area (Å²) in [6.45, 7) is 5.64. The molecule has 1 atom stereocenters. The van der Waals surface area contributed by atoms with Crippen LogP contribution in [-0.2, 0) is 16.1 Å². The summed E-state index contributed by atoms with van der Waals surface area (Å²) >= 11 is 0. The van der Waals surface area contributed by atoms with Gasteiger partial charge in [0.1, 0.15) is 0 Å². The van der Waals surface area contributed by atoms with Gasteiger partial charge in [-0.1, -0.05) is 19.9 Å². The molecule has 1 aromatic carbocycles. The highest BCUT2D eigenvalue weighted by atomic mass is 19.2. The monoisotopic (exact) mass is 311 g/mol. The second-order valence-electron chi connectivity index (χ2n) is 6.26. The summed E-state index contributed by atoms with van der Waals surface area (Å²) in [5, 5.41) is 0. The van der Waals surface area contributed by atoms with E-state index >= 15 is 0 Å². The van der Waals surface area contributed by atoms with E-state index in [0.717, 1.165) is 31.5 Å². The summed E-state index contributed by atoms with van der Waals surface area (Å²) in [5.41, 5.74) is 0.601. The van der Waals surface area contributed by atoms with Gasteiger partial charge in [0.25, 0.3) is 0 Å². The largest absolute Gasteiger partial charge is 0.372 e. The molecular formula is C17H23F2NO2. The van der Waals surface area contributed by atoms with Gasteiger partial charge in [0, 0.05) is 19.5 Å². The van der Waals surface area contributed by atoms with Crippen molar-refractivity contribution in [1.29, 1.82) is 0 Å². The standard InChI is InChI=1S/C17H23F2NO2/c1-12(2)8-17(21)20-7-3-4-14(10-20)22-11-13-5-6-15(18)16(19)9-13/h5-6,9,12,14H,3-4,7-8,10-11H2,1-2H3. The van der Waals surface area contributed by atoms with E-state index in [-0.39, 0.29) is 18.6 Å². The van der Waals surface area contributed by atoms with Gasteiger partial charge in [-0.3, -0.25) is 4.79 Å². The zero-order chi connectivity index (χ0) is 16.1. The summed E-state index contributed by atoms with van der Waals surface area (Å²) < 4.78 is 31.8. The third-order valence-electron chi connectivity index (χ3n) is 3.78. The molecule has 3 nitrogen and oxygen atoms in total. The second-order valence-corrected chi connectivity index (χ2v) is 6.26. The Kier molecular flexibility index (Phi) is 5.89. The lowest BCUT2D eigenvalue weighted by Gasteiger charge is -2.33. The smallest absolute Gasteiger partial charge is 0.222 e. The molecule has 1 aliphatic heterocycles. The van der Waals surface area contributed by atoms with Gasteiger partial charge in [0.15, 0.2) is 11.6 Å². The SMILES string of the molecule is CC(C)CC(=O)N1CCCC(OCc2ccc(F)c(F)c2)C1. The molecule has 0 N–H and O–H groups in total. The van der Waals surface area contributed by atoms with Crippen molar-refractivity contribution in [2.24, 2.45) is 5.92 Å². The van der Waals surface area contributed by atoms with E-state index in [0.29, 0.717) is 24.4 Å². The topological polar surface area (TPSA) is 29.5 Å². The maximum absolute atomic E-state index is 13.2. The number of benzene rings is 1. The van der Waals surface area contributed by atoms with Gasteiger partial charge in [0.2, 0.25) is 5.91 Å². The molecule has 0 spiro atoms. The van der Waals surface area contributed by atoms with E-state index in [1.54, 1.807) is 0 Å². The molecule has 2 rings (SSSR count). The molecule has 22 heavy (non-hydrogen) atoms. The molecule has 1 fully saturated rings. The Morgan fingerprint density at radius 1 is 1.36 bits per heavy atom. The van der Waals surface area contributed by atoms with Gasteiger partial charge in [-0.25, -0.2) is 8.78 Å². The lowest BCUT2D eigenvalue weighted by molar-refractivity contribution is -0.136. The molecule has 1 heterocycles. The van der Waals surface area contributed by atoms with E-state index in [1.807, 2.05) is 18.7 Å². The predicted molar refractivity (Wildman–Crippen MR) is 80.2 cm³/mol. The Morgan fingerprint density at radius 2 is 2.14 bits per heavy atom. The molecule has 1 amide bonds. The fourth-order valence-electron chi connectivity index (χ4n) is 2.62. The lowest BCUT2D eigenvalue weighted by Crippen LogP contribution is -2.43. The van der Waals surface area contributed by atoms with Gasteiger partial charge >= 0.3 is 0 Å². The average Bonchev–Trinajstić information content (AvgIpc) is 2.48. The van der Waals surface area contributed by atoms with Crippen molar-refractivity contribution in [2.75, 3.05) is 13.1 Å². The van der Waals surface area contributed by atoms with Crippen LogP contribution < -0.4 is 0 Å². The Hall–Kier alpha value is -1.49. The summed E-state index contributed by atoms with van der Waals surface area (Å²) in [6.07, 6.45) is 2.30. The fraction of sp³-hybridized carbons (Fsp3) is 0.588. The molecule has 1 saturated heterocycles. The van der Waals surface area contributed by atoms with Crippen LogP contribution in [0.1, 0.15) is 38.7 Å². The van der Waals surface area contributed by atoms with E-state index in [2.05, 4.69) is 0 Å². The normalized spacial score (nSPS) is 18.8. The van der Waals surface area contributed by atoms with Crippen LogP contribution in [0, 0.1) is 17.6 Å². The summed E-state index contributed by atoms with van der Waals surface area (Å²) in [5.74, 6) is -1.21. The fourth-order valence-corrected chi connectivity index (χ4v) is 2.62. The van der Waals surface area contributed by atoms with E-state index in [9.17, 15) is 13.6 Å². The Morgan fingerprint density at radius 3 is 2.82 bits per heavy atom. The molecular weight excluding hydrogens is 288 g/mol. The molecule has 0 aromatic heterocycles. The number of carbonyl (C=O) groups is 1. The van der Waals surface area contributed by atoms with Crippen LogP contribution in [0.3, 0.4) is 0 Å². The minimum atomic E-state index is -0.863. The van der Waals surface area contributed by atoms with Crippen molar-refractivity contribution in [3.63, 3.8) is 0 Å². The Labute approximate surface area is 130 Å². The van der Waals surface area contributed by atoms with Gasteiger partial charge in [-0.2, -0.15) is 0 Å². The van der Waals surface area contributed by atoms with E-state index in [4.69, 9.17) is 4.74 Å². The number of rotatable bonds is 5. The van der Waals surface area contributed by atoms with Crippen molar-refractivity contribution in [2.45, 2.75) is 45.8 Å². The van der Waals surface area contributed by atoms with Gasteiger partial charge < -0.3 is 9.64 Å². The summed E-state index contributed by atoms with van der Waals surface area (Å²) in [6, 6.07) is 3.77. The first-order valence-corrected chi connectivity index (χ1v) is 7.79. The summed E-state index contributed by atoms with van der Waals surface area (Å²) in [7, 11) is 0. The lowest BCUT2D eigenvalue weighted by atomic mass is 10.1. The molecule has 1 aliphatic rings. The second kappa shape index (κ2) is 7.68. The molecule has 0 radical (unpaired) electrons. The van der Waals surface area contributed by atoms with Crippen molar-refractivity contribution < 1.29 is 18.3 Å². The highest BCUT2D eigenvalue weighted by Crippen LogP contribution is 2.18. The number of nitrogens with zero attached hydrogens (tertiary/aromatic N) is 1. The molecule has 1 unspecified atom stereocenters. The number of likely N-dealkylation sites (tertiary alicyclic amines) is 1. The number of hydrogen-bond donors (Lipinski definition) is 0. The molecule has 0 bridgehead atoms. The maximum atomic E-state index is 13.2. The highest BCUT2D eigenvalue weighted by molar-refractivity contribution is 5.76. The molecule has 0 aliphatic carbocycles. The van der Waals surface area contributed by atoms with Gasteiger partial charge in [-0.05, 0) is 36.5 Å². The van der Waals surface area contributed by atoms with Crippen molar-refractivity contribution in [3.05, 3.63) is 35.4 Å². The number of hydrogen-bond acceptors (Lipinski definition) is 2. The zero-order valence-corrected chi connectivity index (χ0v) is 13.1. The van der Waals surface area contributed by atoms with Gasteiger partial charge in [-0.15, -0.1) is 0 Å². The molecule has 0 saturated carbocycles. The first-order chi connectivity index (χ1) is 10.5. The maximum Gasteiger partial charge on any atom is 0.222 e. The van der Waals surface area contributed by atoms with Gasteiger partial charge in [0.05, 0.1) is 12.7 Å². The summed E-state index contributed by atoms with van der Waals surface area (Å²) in [4.78, 5) is 13.9. The number of ether oxygens (including phenoxy) is 1. The van der Waals surface area contributed by atoms with E-state index < -0.39 is 11.6 Å². The van der Waals surface area contributed by atoms with Crippen molar-refractivity contribution >= 4 is 5.91 Å². The highest BCUT2D eigenvalue weighted by Gasteiger charge is 2.24. The quantitative estimate of drug-likeness (QED) is 0.832. The van der Waals surface area contributed by atoms with Crippen LogP contribution in [0.25, 0.3) is 0 Å². The average molecular weight is 311 g/mol. The minimum Gasteiger partial charge on any atom is -0.372 e. The number of carbonyl (C=O) groups excluding carboxylic acids is 1. The van der Waals surface area contributed by atoms with Crippen molar-refractivity contribution in [3.8, 4) is 0 Å². The Bertz CT molecular complexity index is 519. The minimum absolute atomic E-state index is 0.0435. The number of halogens is 2. The van der Waals surface area contributed by atoms with E-state index in [1.165, 1.54) is 6.07 Å². The number of piperidine rings is 1. The number of amides is 1. The molecule has 1 aromatic rings. The van der Waals surface area contributed by atoms with Crippen LogP contribution in [0.15, 0.2) is 18.2 Å². The molecule has 5 heteroatoms. The van der Waals surface area contributed by atoms with Crippen LogP contribution in [0.5, 0.6) is 0 Å². The predicted octanol–water partition coefficient (Wildman–Crippen LogP) is 3.52. The Balaban J connectivity index is 1.85.